The van der Waals surface area contributed by atoms with Crippen molar-refractivity contribution < 1.29 is 14.3 Å². The average molecular weight is 308 g/mol. The smallest absolute Gasteiger partial charge is 0.270 e. The molecule has 0 bridgehead atoms. The lowest BCUT2D eigenvalue weighted by Crippen LogP contribution is -2.29. The molecule has 4 nitrogen and oxygen atoms in total. The SMILES string of the molecule is CC(CO)CNC(=O)c1csc(Cc2ccc(F)cc2)n1. The molecule has 0 spiro atoms. The number of nitrogens with zero attached hydrogens (tertiary/aromatic N) is 1. The van der Waals surface area contributed by atoms with Crippen LogP contribution < -0.4 is 5.32 Å². The van der Waals surface area contributed by atoms with E-state index in [9.17, 15) is 9.18 Å². The summed E-state index contributed by atoms with van der Waals surface area (Å²) in [7, 11) is 0. The Labute approximate surface area is 126 Å². The molecule has 0 radical (unpaired) electrons. The molecule has 2 N–H and O–H groups in total. The monoisotopic (exact) mass is 308 g/mol. The number of hydrogen-bond donors (Lipinski definition) is 2. The number of aromatic nitrogens is 1. The number of hydrogen-bond acceptors (Lipinski definition) is 4. The molecule has 0 saturated carbocycles. The standard InChI is InChI=1S/C15H17FN2O2S/c1-10(8-19)7-17-15(20)13-9-21-14(18-13)6-11-2-4-12(16)5-3-11/h2-5,9-10,19H,6-8H2,1H3,(H,17,20). The van der Waals surface area contributed by atoms with Gasteiger partial charge in [-0.25, -0.2) is 9.37 Å². The van der Waals surface area contributed by atoms with Crippen LogP contribution >= 0.6 is 11.3 Å². The number of rotatable bonds is 6. The van der Waals surface area contributed by atoms with E-state index in [1.165, 1.54) is 23.5 Å². The second-order valence-electron chi connectivity index (χ2n) is 4.93. The highest BCUT2D eigenvalue weighted by atomic mass is 32.1. The number of carbonyl (C=O) groups is 1. The Hall–Kier alpha value is -1.79. The Balaban J connectivity index is 1.94. The first-order chi connectivity index (χ1) is 10.1. The Kier molecular flexibility index (Phi) is 5.41. The Morgan fingerprint density at radius 2 is 2.14 bits per heavy atom. The number of carbonyl (C=O) groups excluding carboxylic acids is 1. The van der Waals surface area contributed by atoms with E-state index >= 15 is 0 Å². The van der Waals surface area contributed by atoms with Crippen LogP contribution in [0.15, 0.2) is 29.6 Å². The molecule has 6 heteroatoms. The maximum Gasteiger partial charge on any atom is 0.270 e. The van der Waals surface area contributed by atoms with Gasteiger partial charge in [0.2, 0.25) is 0 Å². The highest BCUT2D eigenvalue weighted by Gasteiger charge is 2.12. The van der Waals surface area contributed by atoms with Crippen LogP contribution in [0.2, 0.25) is 0 Å². The summed E-state index contributed by atoms with van der Waals surface area (Å²) in [4.78, 5) is 16.2. The fourth-order valence-corrected chi connectivity index (χ4v) is 2.50. The second-order valence-corrected chi connectivity index (χ2v) is 5.87. The molecule has 1 amide bonds. The van der Waals surface area contributed by atoms with Crippen LogP contribution in [0.1, 0.15) is 28.0 Å². The fraction of sp³-hybridized carbons (Fsp3) is 0.333. The van der Waals surface area contributed by atoms with Crippen molar-refractivity contribution in [2.75, 3.05) is 13.2 Å². The summed E-state index contributed by atoms with van der Waals surface area (Å²) in [5, 5.41) is 14.2. The van der Waals surface area contributed by atoms with E-state index in [4.69, 9.17) is 5.11 Å². The van der Waals surface area contributed by atoms with Gasteiger partial charge in [-0.05, 0) is 23.6 Å². The van der Waals surface area contributed by atoms with E-state index in [-0.39, 0.29) is 24.2 Å². The number of halogens is 1. The van der Waals surface area contributed by atoms with Gasteiger partial charge in [0.25, 0.3) is 5.91 Å². The normalized spacial score (nSPS) is 12.1. The van der Waals surface area contributed by atoms with Crippen molar-refractivity contribution in [3.8, 4) is 0 Å². The molecule has 1 heterocycles. The zero-order valence-electron chi connectivity index (χ0n) is 11.7. The third-order valence-electron chi connectivity index (χ3n) is 2.98. The number of nitrogens with one attached hydrogen (secondary N) is 1. The van der Waals surface area contributed by atoms with E-state index in [1.54, 1.807) is 17.5 Å². The van der Waals surface area contributed by atoms with Gasteiger partial charge in [-0.3, -0.25) is 4.79 Å². The van der Waals surface area contributed by atoms with Gasteiger partial charge in [0.05, 0.1) is 5.01 Å². The highest BCUT2D eigenvalue weighted by molar-refractivity contribution is 7.09. The van der Waals surface area contributed by atoms with Crippen LogP contribution in [0.5, 0.6) is 0 Å². The molecule has 0 fully saturated rings. The van der Waals surface area contributed by atoms with Crippen molar-refractivity contribution in [3.63, 3.8) is 0 Å². The van der Waals surface area contributed by atoms with E-state index in [2.05, 4.69) is 10.3 Å². The lowest BCUT2D eigenvalue weighted by molar-refractivity contribution is 0.0938. The summed E-state index contributed by atoms with van der Waals surface area (Å²) in [6, 6.07) is 6.23. The molecule has 112 valence electrons. The molecular weight excluding hydrogens is 291 g/mol. The fourth-order valence-electron chi connectivity index (χ4n) is 1.70. The number of aliphatic hydroxyl groups is 1. The van der Waals surface area contributed by atoms with Crippen molar-refractivity contribution in [2.24, 2.45) is 5.92 Å². The second kappa shape index (κ2) is 7.28. The summed E-state index contributed by atoms with van der Waals surface area (Å²) >= 11 is 1.40. The maximum atomic E-state index is 12.8. The first-order valence-electron chi connectivity index (χ1n) is 6.66. The van der Waals surface area contributed by atoms with Gasteiger partial charge < -0.3 is 10.4 Å². The van der Waals surface area contributed by atoms with Crippen LogP contribution in [0, 0.1) is 11.7 Å². The molecular formula is C15H17FN2O2S. The van der Waals surface area contributed by atoms with Gasteiger partial charge in [-0.1, -0.05) is 19.1 Å². The Morgan fingerprint density at radius 1 is 1.43 bits per heavy atom. The lowest BCUT2D eigenvalue weighted by atomic mass is 10.1. The summed E-state index contributed by atoms with van der Waals surface area (Å²) in [5.74, 6) is -0.487. The van der Waals surface area contributed by atoms with E-state index in [0.717, 1.165) is 10.6 Å². The molecule has 0 aliphatic rings. The third kappa shape index (κ3) is 4.61. The summed E-state index contributed by atoms with van der Waals surface area (Å²) in [5.41, 5.74) is 1.33. The minimum Gasteiger partial charge on any atom is -0.396 e. The minimum absolute atomic E-state index is 0.0197. The van der Waals surface area contributed by atoms with Crippen molar-refractivity contribution in [1.82, 2.24) is 10.3 Å². The van der Waals surface area contributed by atoms with Gasteiger partial charge in [-0.2, -0.15) is 0 Å². The number of benzene rings is 1. The predicted octanol–water partition coefficient (Wildman–Crippen LogP) is 2.23. The number of thiazole rings is 1. The van der Waals surface area contributed by atoms with Crippen LogP contribution in [-0.4, -0.2) is 29.1 Å². The number of aliphatic hydroxyl groups excluding tert-OH is 1. The zero-order valence-corrected chi connectivity index (χ0v) is 12.5. The predicted molar refractivity (Wildman–Crippen MR) is 79.9 cm³/mol. The average Bonchev–Trinajstić information content (AvgIpc) is 2.95. The highest BCUT2D eigenvalue weighted by Crippen LogP contribution is 2.15. The minimum atomic E-state index is -0.268. The number of amides is 1. The first-order valence-corrected chi connectivity index (χ1v) is 7.54. The maximum absolute atomic E-state index is 12.8. The molecule has 1 aromatic carbocycles. The van der Waals surface area contributed by atoms with E-state index in [0.29, 0.717) is 18.7 Å². The first kappa shape index (κ1) is 15.6. The quantitative estimate of drug-likeness (QED) is 0.860. The molecule has 1 unspecified atom stereocenters. The molecule has 2 aromatic rings. The van der Waals surface area contributed by atoms with Crippen LogP contribution in [-0.2, 0) is 6.42 Å². The van der Waals surface area contributed by atoms with Gasteiger partial charge in [0.1, 0.15) is 11.5 Å². The largest absolute Gasteiger partial charge is 0.396 e. The van der Waals surface area contributed by atoms with Crippen molar-refractivity contribution in [2.45, 2.75) is 13.3 Å². The van der Waals surface area contributed by atoms with Crippen molar-refractivity contribution >= 4 is 17.2 Å². The van der Waals surface area contributed by atoms with Crippen molar-refractivity contribution in [1.29, 1.82) is 0 Å². The Morgan fingerprint density at radius 3 is 2.81 bits per heavy atom. The molecule has 0 aliphatic heterocycles. The molecule has 1 aromatic heterocycles. The van der Waals surface area contributed by atoms with Crippen LogP contribution in [0.4, 0.5) is 4.39 Å². The molecule has 21 heavy (non-hydrogen) atoms. The topological polar surface area (TPSA) is 62.2 Å². The van der Waals surface area contributed by atoms with Gasteiger partial charge in [0, 0.05) is 25.0 Å². The van der Waals surface area contributed by atoms with Gasteiger partial charge in [0.15, 0.2) is 0 Å². The molecule has 0 aliphatic carbocycles. The molecule has 2 rings (SSSR count). The molecule has 0 saturated heterocycles. The zero-order chi connectivity index (χ0) is 15.2. The van der Waals surface area contributed by atoms with E-state index in [1.807, 2.05) is 6.92 Å². The van der Waals surface area contributed by atoms with Crippen molar-refractivity contribution in [3.05, 3.63) is 51.7 Å². The van der Waals surface area contributed by atoms with Gasteiger partial charge in [-0.15, -0.1) is 11.3 Å². The third-order valence-corrected chi connectivity index (χ3v) is 3.82. The summed E-state index contributed by atoms with van der Waals surface area (Å²) in [6.45, 7) is 2.30. The summed E-state index contributed by atoms with van der Waals surface area (Å²) < 4.78 is 12.8. The lowest BCUT2D eigenvalue weighted by Gasteiger charge is -2.07. The van der Waals surface area contributed by atoms with Crippen LogP contribution in [0.25, 0.3) is 0 Å². The molecule has 1 atom stereocenters. The Bertz CT molecular complexity index is 598. The summed E-state index contributed by atoms with van der Waals surface area (Å²) in [6.07, 6.45) is 0.575. The van der Waals surface area contributed by atoms with Crippen LogP contribution in [0.3, 0.4) is 0 Å². The van der Waals surface area contributed by atoms with Gasteiger partial charge >= 0.3 is 0 Å². The van der Waals surface area contributed by atoms with E-state index < -0.39 is 0 Å².